The van der Waals surface area contributed by atoms with Crippen LogP contribution in [0.2, 0.25) is 0 Å². The molecule has 3 N–H and O–H groups in total. The van der Waals surface area contributed by atoms with Gasteiger partial charge >= 0.3 is 5.97 Å². The van der Waals surface area contributed by atoms with Gasteiger partial charge in [-0.3, -0.25) is 4.79 Å². The van der Waals surface area contributed by atoms with E-state index < -0.39 is 17.4 Å². The Balaban J connectivity index is 2.22. The normalized spacial score (nSPS) is 25.3. The summed E-state index contributed by atoms with van der Waals surface area (Å²) >= 11 is 1.96. The van der Waals surface area contributed by atoms with Gasteiger partial charge in [0.05, 0.1) is 3.57 Å². The monoisotopic (exact) mass is 403 g/mol. The molecule has 0 spiro atoms. The van der Waals surface area contributed by atoms with Crippen LogP contribution < -0.4 is 5.32 Å². The van der Waals surface area contributed by atoms with Crippen LogP contribution in [0.4, 0.5) is 0 Å². The number of nitrogens with one attached hydrogen (secondary N) is 1. The molecular formula is C15H18INO4. The lowest BCUT2D eigenvalue weighted by atomic mass is 9.76. The van der Waals surface area contributed by atoms with E-state index >= 15 is 0 Å². The molecule has 1 amide bonds. The number of carbonyl (C=O) groups excluding carboxylic acids is 1. The fourth-order valence-electron chi connectivity index (χ4n) is 2.86. The van der Waals surface area contributed by atoms with Crippen molar-refractivity contribution in [2.24, 2.45) is 5.92 Å². The predicted octanol–water partition coefficient (Wildman–Crippen LogP) is 2.76. The van der Waals surface area contributed by atoms with Crippen molar-refractivity contribution in [3.63, 3.8) is 0 Å². The van der Waals surface area contributed by atoms with E-state index in [1.54, 1.807) is 12.1 Å². The lowest BCUT2D eigenvalue weighted by molar-refractivity contribution is -0.146. The number of phenols is 1. The maximum Gasteiger partial charge on any atom is 0.329 e. The van der Waals surface area contributed by atoms with Crippen molar-refractivity contribution in [1.82, 2.24) is 5.32 Å². The molecule has 1 aromatic carbocycles. The van der Waals surface area contributed by atoms with E-state index in [-0.39, 0.29) is 17.2 Å². The van der Waals surface area contributed by atoms with Gasteiger partial charge in [0, 0.05) is 5.56 Å². The molecule has 5 nitrogen and oxygen atoms in total. The molecule has 0 bridgehead atoms. The summed E-state index contributed by atoms with van der Waals surface area (Å²) in [6.45, 7) is 2.00. The van der Waals surface area contributed by atoms with Crippen molar-refractivity contribution < 1.29 is 19.8 Å². The predicted molar refractivity (Wildman–Crippen MR) is 86.3 cm³/mol. The fourth-order valence-corrected chi connectivity index (χ4v) is 3.19. The highest BCUT2D eigenvalue weighted by molar-refractivity contribution is 14.1. The standard InChI is InChI=1S/C15H18INO4/c1-9-3-2-6-15(8-9,14(20)21)17-13(19)10-4-5-11(16)12(18)7-10/h4-5,7,9,18H,2-3,6,8H2,1H3,(H,17,19)(H,20,21). The van der Waals surface area contributed by atoms with E-state index in [9.17, 15) is 19.8 Å². The third kappa shape index (κ3) is 3.48. The van der Waals surface area contributed by atoms with Crippen molar-refractivity contribution in [3.8, 4) is 5.75 Å². The second kappa shape index (κ2) is 6.21. The third-order valence-corrected chi connectivity index (χ3v) is 4.88. The first-order valence-corrected chi connectivity index (χ1v) is 7.96. The minimum Gasteiger partial charge on any atom is -0.507 e. The smallest absolute Gasteiger partial charge is 0.329 e. The number of rotatable bonds is 3. The Labute approximate surface area is 136 Å². The lowest BCUT2D eigenvalue weighted by Crippen LogP contribution is -2.56. The number of benzene rings is 1. The zero-order valence-electron chi connectivity index (χ0n) is 11.7. The largest absolute Gasteiger partial charge is 0.507 e. The number of phenolic OH excluding ortho intramolecular Hbond substituents is 1. The van der Waals surface area contributed by atoms with Gasteiger partial charge in [-0.1, -0.05) is 19.8 Å². The highest BCUT2D eigenvalue weighted by Gasteiger charge is 2.43. The molecule has 1 aromatic rings. The second-order valence-corrected chi connectivity index (χ2v) is 6.87. The summed E-state index contributed by atoms with van der Waals surface area (Å²) in [5, 5.41) is 21.9. The molecular weight excluding hydrogens is 385 g/mol. The van der Waals surface area contributed by atoms with Crippen LogP contribution in [0.5, 0.6) is 5.75 Å². The summed E-state index contributed by atoms with van der Waals surface area (Å²) in [4.78, 5) is 23.9. The summed E-state index contributed by atoms with van der Waals surface area (Å²) < 4.78 is 0.642. The molecule has 0 saturated heterocycles. The highest BCUT2D eigenvalue weighted by atomic mass is 127. The number of aromatic hydroxyl groups is 1. The second-order valence-electron chi connectivity index (χ2n) is 5.71. The average molecular weight is 403 g/mol. The third-order valence-electron chi connectivity index (χ3n) is 3.97. The number of hydrogen-bond acceptors (Lipinski definition) is 3. The summed E-state index contributed by atoms with van der Waals surface area (Å²) in [6.07, 6.45) is 2.64. The SMILES string of the molecule is CC1CCCC(NC(=O)c2ccc(I)c(O)c2)(C(=O)O)C1. The van der Waals surface area contributed by atoms with E-state index in [1.807, 2.05) is 29.5 Å². The van der Waals surface area contributed by atoms with Gasteiger partial charge in [0.25, 0.3) is 5.91 Å². The van der Waals surface area contributed by atoms with Gasteiger partial charge in [-0.15, -0.1) is 0 Å². The van der Waals surface area contributed by atoms with Crippen molar-refractivity contribution in [2.45, 2.75) is 38.1 Å². The molecule has 0 heterocycles. The number of halogens is 1. The molecule has 2 unspecified atom stereocenters. The van der Waals surface area contributed by atoms with Crippen LogP contribution >= 0.6 is 22.6 Å². The number of carboxylic acid groups (broad SMARTS) is 1. The molecule has 1 fully saturated rings. The van der Waals surface area contributed by atoms with Gasteiger partial charge in [0.1, 0.15) is 11.3 Å². The van der Waals surface area contributed by atoms with Crippen molar-refractivity contribution in [3.05, 3.63) is 27.3 Å². The van der Waals surface area contributed by atoms with Gasteiger partial charge in [-0.25, -0.2) is 4.79 Å². The molecule has 6 heteroatoms. The summed E-state index contributed by atoms with van der Waals surface area (Å²) in [5.74, 6) is -1.17. The van der Waals surface area contributed by atoms with E-state index in [2.05, 4.69) is 5.32 Å². The Bertz CT molecular complexity index is 575. The number of carboxylic acids is 1. The maximum absolute atomic E-state index is 12.3. The van der Waals surface area contributed by atoms with E-state index in [0.29, 0.717) is 16.4 Å². The lowest BCUT2D eigenvalue weighted by Gasteiger charge is -2.37. The van der Waals surface area contributed by atoms with Crippen LogP contribution in [0, 0.1) is 9.49 Å². The Hall–Kier alpha value is -1.31. The molecule has 2 rings (SSSR count). The van der Waals surface area contributed by atoms with E-state index in [1.165, 1.54) is 6.07 Å². The summed E-state index contributed by atoms with van der Waals surface area (Å²) in [5.41, 5.74) is -0.931. The zero-order valence-corrected chi connectivity index (χ0v) is 13.9. The number of amides is 1. The Morgan fingerprint density at radius 2 is 2.14 bits per heavy atom. The quantitative estimate of drug-likeness (QED) is 0.678. The van der Waals surface area contributed by atoms with Crippen LogP contribution in [-0.4, -0.2) is 27.6 Å². The first-order chi connectivity index (χ1) is 9.84. The van der Waals surface area contributed by atoms with Crippen LogP contribution in [0.1, 0.15) is 43.0 Å². The molecule has 0 aliphatic heterocycles. The van der Waals surface area contributed by atoms with Crippen molar-refractivity contribution in [2.75, 3.05) is 0 Å². The van der Waals surface area contributed by atoms with Crippen molar-refractivity contribution in [1.29, 1.82) is 0 Å². The number of carbonyl (C=O) groups is 2. The van der Waals surface area contributed by atoms with Gasteiger partial charge in [-0.05, 0) is 59.5 Å². The zero-order chi connectivity index (χ0) is 15.6. The van der Waals surface area contributed by atoms with Crippen molar-refractivity contribution >= 4 is 34.5 Å². The first kappa shape index (κ1) is 16.1. The van der Waals surface area contributed by atoms with Crippen LogP contribution in [-0.2, 0) is 4.79 Å². The van der Waals surface area contributed by atoms with Gasteiger partial charge in [0.2, 0.25) is 0 Å². The Kier molecular flexibility index (Phi) is 4.75. The van der Waals surface area contributed by atoms with E-state index in [0.717, 1.165) is 12.8 Å². The van der Waals surface area contributed by atoms with Crippen LogP contribution in [0.15, 0.2) is 18.2 Å². The minimum atomic E-state index is -1.20. The molecule has 0 aromatic heterocycles. The maximum atomic E-state index is 12.3. The Morgan fingerprint density at radius 1 is 1.43 bits per heavy atom. The van der Waals surface area contributed by atoms with Crippen LogP contribution in [0.3, 0.4) is 0 Å². The molecule has 2 atom stereocenters. The molecule has 1 aliphatic rings. The van der Waals surface area contributed by atoms with Crippen LogP contribution in [0.25, 0.3) is 0 Å². The molecule has 0 radical (unpaired) electrons. The topological polar surface area (TPSA) is 86.6 Å². The van der Waals surface area contributed by atoms with Gasteiger partial charge in [-0.2, -0.15) is 0 Å². The first-order valence-electron chi connectivity index (χ1n) is 6.88. The summed E-state index contributed by atoms with van der Waals surface area (Å²) in [7, 11) is 0. The van der Waals surface area contributed by atoms with Gasteiger partial charge < -0.3 is 15.5 Å². The summed E-state index contributed by atoms with van der Waals surface area (Å²) in [6, 6.07) is 4.57. The molecule has 114 valence electrons. The highest BCUT2D eigenvalue weighted by Crippen LogP contribution is 2.33. The minimum absolute atomic E-state index is 0.0182. The molecule has 1 saturated carbocycles. The molecule has 1 aliphatic carbocycles. The molecule has 21 heavy (non-hydrogen) atoms. The number of hydrogen-bond donors (Lipinski definition) is 3. The average Bonchev–Trinajstić information content (AvgIpc) is 2.41. The fraction of sp³-hybridized carbons (Fsp3) is 0.467. The number of aliphatic carboxylic acids is 1. The Morgan fingerprint density at radius 3 is 2.71 bits per heavy atom. The van der Waals surface area contributed by atoms with E-state index in [4.69, 9.17) is 0 Å². The van der Waals surface area contributed by atoms with Gasteiger partial charge in [0.15, 0.2) is 0 Å².